The summed E-state index contributed by atoms with van der Waals surface area (Å²) < 4.78 is 36.8. The highest BCUT2D eigenvalue weighted by Crippen LogP contribution is 2.27. The Morgan fingerprint density at radius 3 is 2.62 bits per heavy atom. The van der Waals surface area contributed by atoms with Crippen molar-refractivity contribution < 1.29 is 23.4 Å². The number of aliphatic hydroxyl groups is 2. The summed E-state index contributed by atoms with van der Waals surface area (Å²) in [6.07, 6.45) is -5.52. The molecule has 0 spiro atoms. The van der Waals surface area contributed by atoms with Gasteiger partial charge in [0.15, 0.2) is 0 Å². The molecule has 3 N–H and O–H groups in total. The zero-order valence-corrected chi connectivity index (χ0v) is 8.20. The van der Waals surface area contributed by atoms with Crippen LogP contribution in [-0.4, -0.2) is 34.5 Å². The number of alkyl halides is 3. The Bertz CT molecular complexity index is 344. The molecular formula is C9H11F3N2O2. The minimum absolute atomic E-state index is 0.00215. The van der Waals surface area contributed by atoms with Gasteiger partial charge < -0.3 is 15.5 Å². The fourth-order valence-electron chi connectivity index (χ4n) is 0.978. The third kappa shape index (κ3) is 3.67. The molecule has 1 aromatic rings. The van der Waals surface area contributed by atoms with Crippen molar-refractivity contribution in [2.24, 2.45) is 0 Å². The number of pyridine rings is 1. The van der Waals surface area contributed by atoms with E-state index in [9.17, 15) is 13.2 Å². The number of aliphatic hydroxyl groups excluding tert-OH is 2. The summed E-state index contributed by atoms with van der Waals surface area (Å²) in [5, 5.41) is 20.0. The van der Waals surface area contributed by atoms with Crippen LogP contribution in [-0.2, 0) is 6.18 Å². The lowest BCUT2D eigenvalue weighted by Crippen LogP contribution is -2.23. The molecule has 0 radical (unpaired) electrons. The first kappa shape index (κ1) is 12.7. The summed E-state index contributed by atoms with van der Waals surface area (Å²) in [5.74, 6) is 0.00215. The van der Waals surface area contributed by atoms with E-state index in [1.54, 1.807) is 0 Å². The highest BCUT2D eigenvalue weighted by Gasteiger charge is 2.32. The fourth-order valence-corrected chi connectivity index (χ4v) is 0.978. The highest BCUT2D eigenvalue weighted by atomic mass is 19.4. The van der Waals surface area contributed by atoms with E-state index in [0.717, 1.165) is 6.07 Å². The minimum Gasteiger partial charge on any atom is -0.394 e. The first-order chi connectivity index (χ1) is 7.43. The molecule has 7 heteroatoms. The largest absolute Gasteiger partial charge is 0.433 e. The Morgan fingerprint density at radius 1 is 1.38 bits per heavy atom. The predicted octanol–water partition coefficient (Wildman–Crippen LogP) is 0.866. The third-order valence-electron chi connectivity index (χ3n) is 1.77. The molecular weight excluding hydrogens is 225 g/mol. The van der Waals surface area contributed by atoms with Gasteiger partial charge in [0, 0.05) is 6.54 Å². The summed E-state index contributed by atoms with van der Waals surface area (Å²) in [5.41, 5.74) is -1.00. The monoisotopic (exact) mass is 236 g/mol. The van der Waals surface area contributed by atoms with Gasteiger partial charge in [-0.3, -0.25) is 0 Å². The number of hydrogen-bond donors (Lipinski definition) is 3. The van der Waals surface area contributed by atoms with E-state index in [1.165, 1.54) is 12.1 Å². The van der Waals surface area contributed by atoms with E-state index >= 15 is 0 Å². The molecule has 0 amide bonds. The van der Waals surface area contributed by atoms with Crippen LogP contribution in [0.2, 0.25) is 0 Å². The van der Waals surface area contributed by atoms with Crippen molar-refractivity contribution in [2.75, 3.05) is 18.5 Å². The van der Waals surface area contributed by atoms with E-state index in [1.807, 2.05) is 0 Å². The Labute approximate surface area is 89.7 Å². The normalized spacial score (nSPS) is 13.6. The van der Waals surface area contributed by atoms with Crippen molar-refractivity contribution in [2.45, 2.75) is 12.3 Å². The first-order valence-corrected chi connectivity index (χ1v) is 4.50. The molecule has 1 rings (SSSR count). The van der Waals surface area contributed by atoms with E-state index in [4.69, 9.17) is 10.2 Å². The molecule has 0 saturated carbocycles. The van der Waals surface area contributed by atoms with Crippen molar-refractivity contribution in [3.63, 3.8) is 0 Å². The average molecular weight is 236 g/mol. The van der Waals surface area contributed by atoms with Crippen molar-refractivity contribution in [1.82, 2.24) is 4.98 Å². The van der Waals surface area contributed by atoms with Crippen molar-refractivity contribution in [3.05, 3.63) is 23.9 Å². The topological polar surface area (TPSA) is 65.4 Å². The van der Waals surface area contributed by atoms with E-state index in [2.05, 4.69) is 10.3 Å². The van der Waals surface area contributed by atoms with Gasteiger partial charge in [-0.25, -0.2) is 4.98 Å². The standard InChI is InChI=1S/C9H11F3N2O2/c10-9(11,12)7-2-1-3-8(14-7)13-4-6(16)5-15/h1-3,6,15-16H,4-5H2,(H,13,14)/t6-/m1/s1. The highest BCUT2D eigenvalue weighted by molar-refractivity contribution is 5.36. The summed E-state index contributed by atoms with van der Waals surface area (Å²) >= 11 is 0. The summed E-state index contributed by atoms with van der Waals surface area (Å²) in [4.78, 5) is 3.32. The van der Waals surface area contributed by atoms with Gasteiger partial charge in [0.1, 0.15) is 11.5 Å². The van der Waals surface area contributed by atoms with Gasteiger partial charge in [0.25, 0.3) is 0 Å². The summed E-state index contributed by atoms with van der Waals surface area (Å²) in [6.45, 7) is -0.531. The van der Waals surface area contributed by atoms with Gasteiger partial charge in [0.2, 0.25) is 0 Å². The lowest BCUT2D eigenvalue weighted by molar-refractivity contribution is -0.141. The second-order valence-corrected chi connectivity index (χ2v) is 3.12. The molecule has 1 aromatic heterocycles. The average Bonchev–Trinajstić information content (AvgIpc) is 2.25. The molecule has 0 unspecified atom stereocenters. The van der Waals surface area contributed by atoms with Gasteiger partial charge in [-0.2, -0.15) is 13.2 Å². The maximum Gasteiger partial charge on any atom is 0.433 e. The zero-order valence-electron chi connectivity index (χ0n) is 8.20. The molecule has 4 nitrogen and oxygen atoms in total. The number of halogens is 3. The molecule has 0 aliphatic carbocycles. The zero-order chi connectivity index (χ0) is 12.2. The Kier molecular flexibility index (Phi) is 4.08. The van der Waals surface area contributed by atoms with Crippen molar-refractivity contribution in [1.29, 1.82) is 0 Å². The molecule has 0 aliphatic heterocycles. The Hall–Kier alpha value is -1.34. The summed E-state index contributed by atoms with van der Waals surface area (Å²) in [7, 11) is 0. The quantitative estimate of drug-likeness (QED) is 0.725. The molecule has 90 valence electrons. The van der Waals surface area contributed by atoms with Crippen LogP contribution in [0.15, 0.2) is 18.2 Å². The molecule has 0 aromatic carbocycles. The van der Waals surface area contributed by atoms with Crippen LogP contribution in [0.3, 0.4) is 0 Å². The molecule has 0 fully saturated rings. The maximum absolute atomic E-state index is 12.3. The van der Waals surface area contributed by atoms with Gasteiger partial charge in [-0.1, -0.05) is 6.07 Å². The smallest absolute Gasteiger partial charge is 0.394 e. The fraction of sp³-hybridized carbons (Fsp3) is 0.444. The predicted molar refractivity (Wildman–Crippen MR) is 50.8 cm³/mol. The van der Waals surface area contributed by atoms with Crippen LogP contribution >= 0.6 is 0 Å². The second-order valence-electron chi connectivity index (χ2n) is 3.12. The SMILES string of the molecule is OC[C@H](O)CNc1cccc(C(F)(F)F)n1. The van der Waals surface area contributed by atoms with Crippen LogP contribution in [0.5, 0.6) is 0 Å². The van der Waals surface area contributed by atoms with E-state index in [0.29, 0.717) is 0 Å². The number of hydrogen-bond acceptors (Lipinski definition) is 4. The number of rotatable bonds is 4. The Balaban J connectivity index is 2.68. The number of aromatic nitrogens is 1. The molecule has 0 saturated heterocycles. The van der Waals surface area contributed by atoms with E-state index in [-0.39, 0.29) is 12.4 Å². The van der Waals surface area contributed by atoms with Crippen LogP contribution < -0.4 is 5.32 Å². The molecule has 1 atom stereocenters. The summed E-state index contributed by atoms with van der Waals surface area (Å²) in [6, 6.07) is 3.41. The van der Waals surface area contributed by atoms with Crippen molar-refractivity contribution in [3.8, 4) is 0 Å². The number of nitrogens with zero attached hydrogens (tertiary/aromatic N) is 1. The lowest BCUT2D eigenvalue weighted by Gasteiger charge is -2.11. The van der Waals surface area contributed by atoms with Crippen molar-refractivity contribution >= 4 is 5.82 Å². The number of nitrogens with one attached hydrogen (secondary N) is 1. The van der Waals surface area contributed by atoms with Gasteiger partial charge >= 0.3 is 6.18 Å². The van der Waals surface area contributed by atoms with Crippen LogP contribution in [0.1, 0.15) is 5.69 Å². The van der Waals surface area contributed by atoms with Crippen LogP contribution in [0, 0.1) is 0 Å². The minimum atomic E-state index is -4.49. The molecule has 1 heterocycles. The van der Waals surface area contributed by atoms with Crippen LogP contribution in [0.25, 0.3) is 0 Å². The molecule has 16 heavy (non-hydrogen) atoms. The van der Waals surface area contributed by atoms with Gasteiger partial charge in [-0.15, -0.1) is 0 Å². The number of anilines is 1. The third-order valence-corrected chi connectivity index (χ3v) is 1.77. The maximum atomic E-state index is 12.3. The van der Waals surface area contributed by atoms with Gasteiger partial charge in [-0.05, 0) is 12.1 Å². The van der Waals surface area contributed by atoms with E-state index < -0.39 is 24.6 Å². The Morgan fingerprint density at radius 2 is 2.06 bits per heavy atom. The first-order valence-electron chi connectivity index (χ1n) is 4.50. The second kappa shape index (κ2) is 5.13. The molecule has 0 aliphatic rings. The van der Waals surface area contributed by atoms with Gasteiger partial charge in [0.05, 0.1) is 12.7 Å². The molecule has 0 bridgehead atoms. The lowest BCUT2D eigenvalue weighted by atomic mass is 10.3. The van der Waals surface area contributed by atoms with Crippen LogP contribution in [0.4, 0.5) is 19.0 Å².